The molecule has 2 rings (SSSR count). The number of carbonyl (C=O) groups excluding carboxylic acids is 1. The first-order valence-electron chi connectivity index (χ1n) is 5.66. The second kappa shape index (κ2) is 4.91. The number of carbonyl (C=O) groups is 1. The molecule has 0 atom stereocenters. The summed E-state index contributed by atoms with van der Waals surface area (Å²) in [5.74, 6) is 0.204. The fraction of sp³-hybridized carbons (Fsp3) is 0.231. The van der Waals surface area contributed by atoms with E-state index < -0.39 is 5.91 Å². The highest BCUT2D eigenvalue weighted by molar-refractivity contribution is 5.82. The van der Waals surface area contributed by atoms with Gasteiger partial charge in [-0.2, -0.15) is 0 Å². The maximum atomic E-state index is 11.7. The summed E-state index contributed by atoms with van der Waals surface area (Å²) in [4.78, 5) is 22.7. The number of hydrogen-bond acceptors (Lipinski definition) is 3. The highest BCUT2D eigenvalue weighted by Gasteiger charge is 2.06. The summed E-state index contributed by atoms with van der Waals surface area (Å²) in [6.07, 6.45) is 1.56. The number of ether oxygens (including phenoxy) is 1. The van der Waals surface area contributed by atoms with Gasteiger partial charge in [0.15, 0.2) is 5.43 Å². The van der Waals surface area contributed by atoms with Crippen molar-refractivity contribution in [3.8, 4) is 5.75 Å². The van der Waals surface area contributed by atoms with Gasteiger partial charge in [-0.15, -0.1) is 0 Å². The molecule has 0 spiro atoms. The van der Waals surface area contributed by atoms with Gasteiger partial charge in [0.2, 0.25) is 5.91 Å². The Kier molecular flexibility index (Phi) is 3.32. The number of hydrogen-bond donors (Lipinski definition) is 1. The summed E-state index contributed by atoms with van der Waals surface area (Å²) < 4.78 is 7.02. The lowest BCUT2D eigenvalue weighted by Gasteiger charge is -2.10. The Bertz CT molecular complexity index is 646. The lowest BCUT2D eigenvalue weighted by atomic mass is 10.2. The first-order chi connectivity index (χ1) is 8.61. The Morgan fingerprint density at radius 2 is 2.17 bits per heavy atom. The van der Waals surface area contributed by atoms with Crippen LogP contribution in [0.15, 0.2) is 35.3 Å². The maximum absolute atomic E-state index is 11.7. The first kappa shape index (κ1) is 12.2. The average molecular weight is 246 g/mol. The van der Waals surface area contributed by atoms with E-state index in [1.165, 1.54) is 6.07 Å². The molecule has 0 saturated heterocycles. The Balaban J connectivity index is 2.63. The Labute approximate surface area is 104 Å². The zero-order valence-electron chi connectivity index (χ0n) is 10.1. The van der Waals surface area contributed by atoms with Crippen LogP contribution >= 0.6 is 0 Å². The van der Waals surface area contributed by atoms with Crippen LogP contribution < -0.4 is 15.9 Å². The maximum Gasteiger partial charge on any atom is 0.237 e. The van der Waals surface area contributed by atoms with Crippen molar-refractivity contribution < 1.29 is 9.53 Å². The van der Waals surface area contributed by atoms with Gasteiger partial charge in [0.05, 0.1) is 12.1 Å². The molecule has 0 aliphatic heterocycles. The number of rotatable bonds is 4. The standard InChI is InChI=1S/C13H14N2O3/c1-2-18-9-3-4-10-11(7-9)15(8-13(14)17)6-5-12(10)16/h3-7H,2,8H2,1H3,(H2,14,17). The second-order valence-corrected chi connectivity index (χ2v) is 3.89. The van der Waals surface area contributed by atoms with E-state index in [1.54, 1.807) is 29.0 Å². The van der Waals surface area contributed by atoms with Crippen LogP contribution in [0.2, 0.25) is 0 Å². The topological polar surface area (TPSA) is 74.3 Å². The van der Waals surface area contributed by atoms with Crippen LogP contribution in [0.1, 0.15) is 6.92 Å². The van der Waals surface area contributed by atoms with E-state index in [0.29, 0.717) is 23.3 Å². The molecule has 1 aromatic carbocycles. The lowest BCUT2D eigenvalue weighted by Crippen LogP contribution is -2.20. The van der Waals surface area contributed by atoms with Crippen LogP contribution in [0.25, 0.3) is 10.9 Å². The third kappa shape index (κ3) is 2.34. The van der Waals surface area contributed by atoms with Crippen molar-refractivity contribution in [2.45, 2.75) is 13.5 Å². The Morgan fingerprint density at radius 1 is 1.39 bits per heavy atom. The van der Waals surface area contributed by atoms with E-state index in [0.717, 1.165) is 0 Å². The molecule has 94 valence electrons. The highest BCUT2D eigenvalue weighted by atomic mass is 16.5. The minimum absolute atomic E-state index is 0.0341. The van der Waals surface area contributed by atoms with Crippen molar-refractivity contribution in [3.05, 3.63) is 40.7 Å². The molecule has 1 aromatic heterocycles. The van der Waals surface area contributed by atoms with Crippen molar-refractivity contribution in [2.75, 3.05) is 6.61 Å². The fourth-order valence-electron chi connectivity index (χ4n) is 1.85. The van der Waals surface area contributed by atoms with E-state index in [-0.39, 0.29) is 12.0 Å². The molecular formula is C13H14N2O3. The number of pyridine rings is 1. The fourth-order valence-corrected chi connectivity index (χ4v) is 1.85. The molecule has 2 N–H and O–H groups in total. The monoisotopic (exact) mass is 246 g/mol. The first-order valence-corrected chi connectivity index (χ1v) is 5.66. The van der Waals surface area contributed by atoms with Gasteiger partial charge in [-0.1, -0.05) is 0 Å². The van der Waals surface area contributed by atoms with Gasteiger partial charge >= 0.3 is 0 Å². The smallest absolute Gasteiger partial charge is 0.237 e. The molecule has 0 aliphatic rings. The van der Waals surface area contributed by atoms with Gasteiger partial charge in [0.1, 0.15) is 12.3 Å². The molecular weight excluding hydrogens is 232 g/mol. The number of nitrogens with two attached hydrogens (primary N) is 1. The number of primary amides is 1. The average Bonchev–Trinajstić information content (AvgIpc) is 2.33. The van der Waals surface area contributed by atoms with Crippen LogP contribution in [0.3, 0.4) is 0 Å². The second-order valence-electron chi connectivity index (χ2n) is 3.89. The van der Waals surface area contributed by atoms with Crippen molar-refractivity contribution >= 4 is 16.8 Å². The summed E-state index contributed by atoms with van der Waals surface area (Å²) >= 11 is 0. The SMILES string of the molecule is CCOc1ccc2c(=O)ccn(CC(N)=O)c2c1. The van der Waals surface area contributed by atoms with Gasteiger partial charge in [0, 0.05) is 23.7 Å². The highest BCUT2D eigenvalue weighted by Crippen LogP contribution is 2.18. The third-order valence-corrected chi connectivity index (χ3v) is 2.59. The van der Waals surface area contributed by atoms with Crippen LogP contribution in [-0.2, 0) is 11.3 Å². The third-order valence-electron chi connectivity index (χ3n) is 2.59. The molecule has 5 heteroatoms. The largest absolute Gasteiger partial charge is 0.494 e. The van der Waals surface area contributed by atoms with Crippen molar-refractivity contribution in [1.82, 2.24) is 4.57 Å². The molecule has 5 nitrogen and oxygen atoms in total. The van der Waals surface area contributed by atoms with Crippen LogP contribution in [0.5, 0.6) is 5.75 Å². The molecule has 0 aliphatic carbocycles. The molecule has 1 heterocycles. The van der Waals surface area contributed by atoms with Gasteiger partial charge in [0.25, 0.3) is 0 Å². The van der Waals surface area contributed by atoms with Crippen LogP contribution in [-0.4, -0.2) is 17.1 Å². The van der Waals surface area contributed by atoms with Crippen LogP contribution in [0, 0.1) is 0 Å². The van der Waals surface area contributed by atoms with E-state index in [1.807, 2.05) is 6.92 Å². The zero-order valence-corrected chi connectivity index (χ0v) is 10.1. The molecule has 2 aromatic rings. The van der Waals surface area contributed by atoms with Crippen LogP contribution in [0.4, 0.5) is 0 Å². The number of fused-ring (bicyclic) bond motifs is 1. The molecule has 0 bridgehead atoms. The van der Waals surface area contributed by atoms with Crippen molar-refractivity contribution in [2.24, 2.45) is 5.73 Å². The number of nitrogens with zero attached hydrogens (tertiary/aromatic N) is 1. The molecule has 0 unspecified atom stereocenters. The minimum Gasteiger partial charge on any atom is -0.494 e. The van der Waals surface area contributed by atoms with Crippen molar-refractivity contribution in [1.29, 1.82) is 0 Å². The Morgan fingerprint density at radius 3 is 2.83 bits per heavy atom. The molecule has 0 radical (unpaired) electrons. The summed E-state index contributed by atoms with van der Waals surface area (Å²) in [5.41, 5.74) is 5.74. The molecule has 0 fully saturated rings. The van der Waals surface area contributed by atoms with Gasteiger partial charge < -0.3 is 15.0 Å². The van der Waals surface area contributed by atoms with Gasteiger partial charge in [-0.25, -0.2) is 0 Å². The summed E-state index contributed by atoms with van der Waals surface area (Å²) in [7, 11) is 0. The van der Waals surface area contributed by atoms with E-state index in [9.17, 15) is 9.59 Å². The van der Waals surface area contributed by atoms with Gasteiger partial charge in [-0.3, -0.25) is 9.59 Å². The number of benzene rings is 1. The summed E-state index contributed by atoms with van der Waals surface area (Å²) in [6.45, 7) is 2.45. The Hall–Kier alpha value is -2.30. The molecule has 1 amide bonds. The predicted molar refractivity (Wildman–Crippen MR) is 68.6 cm³/mol. The summed E-state index contributed by atoms with van der Waals surface area (Å²) in [6, 6.07) is 6.59. The lowest BCUT2D eigenvalue weighted by molar-refractivity contribution is -0.118. The predicted octanol–water partition coefficient (Wildman–Crippen LogP) is 0.885. The molecule has 0 saturated carbocycles. The van der Waals surface area contributed by atoms with Gasteiger partial charge in [-0.05, 0) is 19.1 Å². The minimum atomic E-state index is -0.457. The van der Waals surface area contributed by atoms with E-state index in [2.05, 4.69) is 0 Å². The normalized spacial score (nSPS) is 10.5. The van der Waals surface area contributed by atoms with Crippen molar-refractivity contribution in [3.63, 3.8) is 0 Å². The number of amides is 1. The zero-order chi connectivity index (χ0) is 13.1. The summed E-state index contributed by atoms with van der Waals surface area (Å²) in [5, 5.41) is 0.544. The molecule has 18 heavy (non-hydrogen) atoms. The number of aromatic nitrogens is 1. The quantitative estimate of drug-likeness (QED) is 0.870. The van der Waals surface area contributed by atoms with E-state index in [4.69, 9.17) is 10.5 Å². The van der Waals surface area contributed by atoms with E-state index >= 15 is 0 Å².